The standard InChI is InChI=1S/C22H29N5O/c1-15-23-21(25-24-15)17-9-12-26(13-10-17)22(28)18-14-20(16-6-3-2-4-7-16)27-11-5-8-19(18)27/h2-4,6-7,17-20H,5,8-14H2,1H3,(H,23,24,25)/t18-,19+,20-/m0/s1. The van der Waals surface area contributed by atoms with Gasteiger partial charge >= 0.3 is 0 Å². The summed E-state index contributed by atoms with van der Waals surface area (Å²) in [6.45, 7) is 4.72. The van der Waals surface area contributed by atoms with E-state index in [1.807, 2.05) is 6.92 Å². The number of likely N-dealkylation sites (tertiary alicyclic amines) is 1. The van der Waals surface area contributed by atoms with Crippen LogP contribution in [0.2, 0.25) is 0 Å². The number of carbonyl (C=O) groups excluding carboxylic acids is 1. The maximum atomic E-state index is 13.4. The van der Waals surface area contributed by atoms with Gasteiger partial charge in [0.1, 0.15) is 5.82 Å². The van der Waals surface area contributed by atoms with Crippen molar-refractivity contribution in [1.29, 1.82) is 0 Å². The zero-order valence-electron chi connectivity index (χ0n) is 16.6. The minimum absolute atomic E-state index is 0.148. The second-order valence-electron chi connectivity index (χ2n) is 8.59. The molecule has 0 radical (unpaired) electrons. The molecule has 3 aliphatic heterocycles. The Labute approximate surface area is 166 Å². The summed E-state index contributed by atoms with van der Waals surface area (Å²) in [6, 6.07) is 11.6. The molecular weight excluding hydrogens is 350 g/mol. The fourth-order valence-corrected chi connectivity index (χ4v) is 5.57. The van der Waals surface area contributed by atoms with Gasteiger partial charge in [0.05, 0.1) is 5.92 Å². The number of nitrogens with one attached hydrogen (secondary N) is 1. The SMILES string of the molecule is Cc1nc(C2CCN(C(=O)[C@H]3C[C@@H](c4ccccc4)N4CCC[C@H]34)CC2)n[nH]1. The quantitative estimate of drug-likeness (QED) is 0.890. The Bertz CT molecular complexity index is 826. The molecule has 1 amide bonds. The summed E-state index contributed by atoms with van der Waals surface area (Å²) in [4.78, 5) is 22.6. The maximum absolute atomic E-state index is 13.4. The van der Waals surface area contributed by atoms with Gasteiger partial charge in [-0.2, -0.15) is 5.10 Å². The number of aryl methyl sites for hydroxylation is 1. The van der Waals surface area contributed by atoms with Gasteiger partial charge in [-0.1, -0.05) is 30.3 Å². The number of benzene rings is 1. The average molecular weight is 380 g/mol. The molecule has 3 saturated heterocycles. The van der Waals surface area contributed by atoms with Crippen LogP contribution in [0.15, 0.2) is 30.3 Å². The highest BCUT2D eigenvalue weighted by Crippen LogP contribution is 2.45. The fourth-order valence-electron chi connectivity index (χ4n) is 5.57. The van der Waals surface area contributed by atoms with Crippen molar-refractivity contribution in [3.8, 4) is 0 Å². The molecule has 6 heteroatoms. The van der Waals surface area contributed by atoms with E-state index in [2.05, 4.69) is 55.3 Å². The third-order valence-electron chi connectivity index (χ3n) is 6.97. The number of aromatic nitrogens is 3. The van der Waals surface area contributed by atoms with Gasteiger partial charge in [-0.25, -0.2) is 4.98 Å². The van der Waals surface area contributed by atoms with Crippen LogP contribution in [0.3, 0.4) is 0 Å². The molecular formula is C22H29N5O. The molecule has 1 aromatic carbocycles. The highest BCUT2D eigenvalue weighted by Gasteiger charge is 2.48. The van der Waals surface area contributed by atoms with E-state index >= 15 is 0 Å². The second kappa shape index (κ2) is 7.32. The Balaban J connectivity index is 1.27. The molecule has 2 aromatic rings. The first kappa shape index (κ1) is 17.9. The molecule has 1 aromatic heterocycles. The molecule has 0 bridgehead atoms. The van der Waals surface area contributed by atoms with Gasteiger partial charge < -0.3 is 4.90 Å². The number of fused-ring (bicyclic) bond motifs is 1. The van der Waals surface area contributed by atoms with Crippen molar-refractivity contribution in [1.82, 2.24) is 25.0 Å². The van der Waals surface area contributed by atoms with Crippen molar-refractivity contribution >= 4 is 5.91 Å². The molecule has 28 heavy (non-hydrogen) atoms. The molecule has 1 N–H and O–H groups in total. The summed E-state index contributed by atoms with van der Waals surface area (Å²) < 4.78 is 0. The van der Waals surface area contributed by atoms with Crippen molar-refractivity contribution in [2.45, 2.75) is 57.0 Å². The number of hydrogen-bond acceptors (Lipinski definition) is 4. The molecule has 148 valence electrons. The number of rotatable bonds is 3. The lowest BCUT2D eigenvalue weighted by Gasteiger charge is -2.33. The zero-order valence-corrected chi connectivity index (χ0v) is 16.6. The van der Waals surface area contributed by atoms with Crippen molar-refractivity contribution < 1.29 is 4.79 Å². The van der Waals surface area contributed by atoms with Crippen LogP contribution in [0.1, 0.15) is 61.3 Å². The average Bonchev–Trinajstić information content (AvgIpc) is 3.45. The molecule has 0 saturated carbocycles. The van der Waals surface area contributed by atoms with Gasteiger partial charge in [-0.15, -0.1) is 0 Å². The van der Waals surface area contributed by atoms with E-state index in [-0.39, 0.29) is 5.92 Å². The second-order valence-corrected chi connectivity index (χ2v) is 8.59. The van der Waals surface area contributed by atoms with Crippen LogP contribution in [0.5, 0.6) is 0 Å². The number of amides is 1. The Hall–Kier alpha value is -2.21. The van der Waals surface area contributed by atoms with Crippen molar-refractivity contribution in [2.24, 2.45) is 5.92 Å². The van der Waals surface area contributed by atoms with Crippen LogP contribution in [0.25, 0.3) is 0 Å². The summed E-state index contributed by atoms with van der Waals surface area (Å²) in [5.74, 6) is 2.68. The first-order chi connectivity index (χ1) is 13.7. The van der Waals surface area contributed by atoms with Crippen LogP contribution in [0, 0.1) is 12.8 Å². The largest absolute Gasteiger partial charge is 0.342 e. The normalized spacial score (nSPS) is 28.6. The number of piperidine rings is 1. The van der Waals surface area contributed by atoms with Gasteiger partial charge in [0.15, 0.2) is 5.82 Å². The third-order valence-corrected chi connectivity index (χ3v) is 6.97. The Morgan fingerprint density at radius 1 is 1.11 bits per heavy atom. The Kier molecular flexibility index (Phi) is 4.67. The Morgan fingerprint density at radius 3 is 2.61 bits per heavy atom. The van der Waals surface area contributed by atoms with Gasteiger partial charge in [-0.3, -0.25) is 14.8 Å². The predicted octanol–water partition coefficient (Wildman–Crippen LogP) is 3.04. The maximum Gasteiger partial charge on any atom is 0.227 e. The number of aromatic amines is 1. The predicted molar refractivity (Wildman–Crippen MR) is 107 cm³/mol. The van der Waals surface area contributed by atoms with Crippen LogP contribution in [-0.4, -0.2) is 56.6 Å². The van der Waals surface area contributed by atoms with Crippen LogP contribution < -0.4 is 0 Å². The van der Waals surface area contributed by atoms with E-state index in [0.29, 0.717) is 23.9 Å². The van der Waals surface area contributed by atoms with E-state index in [1.165, 1.54) is 12.0 Å². The lowest BCUT2D eigenvalue weighted by molar-refractivity contribution is -0.137. The monoisotopic (exact) mass is 379 g/mol. The molecule has 3 fully saturated rings. The van der Waals surface area contributed by atoms with Gasteiger partial charge in [0.25, 0.3) is 0 Å². The minimum Gasteiger partial charge on any atom is -0.342 e. The van der Waals surface area contributed by atoms with Crippen molar-refractivity contribution in [2.75, 3.05) is 19.6 Å². The van der Waals surface area contributed by atoms with E-state index in [9.17, 15) is 4.79 Å². The molecule has 4 heterocycles. The van der Waals surface area contributed by atoms with Crippen LogP contribution in [0.4, 0.5) is 0 Å². The summed E-state index contributed by atoms with van der Waals surface area (Å²) in [7, 11) is 0. The molecule has 3 atom stereocenters. The summed E-state index contributed by atoms with van der Waals surface area (Å²) in [6.07, 6.45) is 5.27. The van der Waals surface area contributed by atoms with Gasteiger partial charge in [0, 0.05) is 31.1 Å². The molecule has 0 unspecified atom stereocenters. The number of H-pyrrole nitrogens is 1. The molecule has 3 aliphatic rings. The molecule has 6 nitrogen and oxygen atoms in total. The smallest absolute Gasteiger partial charge is 0.227 e. The van der Waals surface area contributed by atoms with E-state index < -0.39 is 0 Å². The molecule has 0 aliphatic carbocycles. The number of carbonyl (C=O) groups is 1. The number of nitrogens with zero attached hydrogens (tertiary/aromatic N) is 4. The van der Waals surface area contributed by atoms with E-state index in [4.69, 9.17) is 0 Å². The Morgan fingerprint density at radius 2 is 1.89 bits per heavy atom. The number of hydrogen-bond donors (Lipinski definition) is 1. The fraction of sp³-hybridized carbons (Fsp3) is 0.591. The topological polar surface area (TPSA) is 65.1 Å². The van der Waals surface area contributed by atoms with Crippen LogP contribution >= 0.6 is 0 Å². The lowest BCUT2D eigenvalue weighted by Crippen LogP contribution is -2.44. The van der Waals surface area contributed by atoms with Gasteiger partial charge in [-0.05, 0) is 51.1 Å². The molecule has 5 rings (SSSR count). The van der Waals surface area contributed by atoms with Crippen LogP contribution in [-0.2, 0) is 4.79 Å². The minimum atomic E-state index is 0.148. The highest BCUT2D eigenvalue weighted by atomic mass is 16.2. The summed E-state index contributed by atoms with van der Waals surface area (Å²) in [5.41, 5.74) is 1.36. The molecule has 0 spiro atoms. The van der Waals surface area contributed by atoms with Gasteiger partial charge in [0.2, 0.25) is 5.91 Å². The summed E-state index contributed by atoms with van der Waals surface area (Å²) in [5, 5.41) is 7.27. The first-order valence-electron chi connectivity index (χ1n) is 10.7. The summed E-state index contributed by atoms with van der Waals surface area (Å²) >= 11 is 0. The van der Waals surface area contributed by atoms with E-state index in [1.54, 1.807) is 0 Å². The third kappa shape index (κ3) is 3.13. The highest BCUT2D eigenvalue weighted by molar-refractivity contribution is 5.80. The lowest BCUT2D eigenvalue weighted by atomic mass is 9.90. The van der Waals surface area contributed by atoms with Crippen molar-refractivity contribution in [3.05, 3.63) is 47.5 Å². The van der Waals surface area contributed by atoms with Crippen molar-refractivity contribution in [3.63, 3.8) is 0 Å². The zero-order chi connectivity index (χ0) is 19.1. The first-order valence-corrected chi connectivity index (χ1v) is 10.7. The van der Waals surface area contributed by atoms with E-state index in [0.717, 1.165) is 57.0 Å².